The van der Waals surface area contributed by atoms with Crippen LogP contribution in [-0.2, 0) is 11.2 Å². The summed E-state index contributed by atoms with van der Waals surface area (Å²) >= 11 is 1.74. The summed E-state index contributed by atoms with van der Waals surface area (Å²) in [6.07, 6.45) is 6.72. The van der Waals surface area contributed by atoms with E-state index in [1.165, 1.54) is 48.2 Å². The van der Waals surface area contributed by atoms with E-state index in [-0.39, 0.29) is 12.3 Å². The van der Waals surface area contributed by atoms with Gasteiger partial charge in [0, 0.05) is 37.5 Å². The van der Waals surface area contributed by atoms with E-state index in [0.29, 0.717) is 19.0 Å². The van der Waals surface area contributed by atoms with E-state index in [0.717, 1.165) is 34.9 Å². The summed E-state index contributed by atoms with van der Waals surface area (Å²) in [5.74, 6) is 0.695. The average Bonchev–Trinajstić information content (AvgIpc) is 3.43. The van der Waals surface area contributed by atoms with Gasteiger partial charge in [0.25, 0.3) is 0 Å². The maximum atomic E-state index is 12.9. The van der Waals surface area contributed by atoms with E-state index in [4.69, 9.17) is 4.52 Å². The lowest BCUT2D eigenvalue weighted by Gasteiger charge is -2.34. The van der Waals surface area contributed by atoms with E-state index < -0.39 is 0 Å². The first-order valence-corrected chi connectivity index (χ1v) is 12.1. The van der Waals surface area contributed by atoms with Crippen LogP contribution in [0.2, 0.25) is 0 Å². The Morgan fingerprint density at radius 1 is 1.06 bits per heavy atom. The van der Waals surface area contributed by atoms with Gasteiger partial charge >= 0.3 is 0 Å². The summed E-state index contributed by atoms with van der Waals surface area (Å²) < 4.78 is 5.46. The summed E-state index contributed by atoms with van der Waals surface area (Å²) in [7, 11) is 0. The molecule has 1 aromatic carbocycles. The molecule has 0 unspecified atom stereocenters. The highest BCUT2D eigenvalue weighted by atomic mass is 32.1. The minimum atomic E-state index is 0.105. The topological polar surface area (TPSA) is 75.4 Å². The number of amides is 1. The standard InChI is InChI=1S/C23H29N5O2S/c1-15-12-18-19(26-30-20(18)13-16(15)2)14-21(29)27-8-10-28(11-9-27)23-25-24-22(31-23)17-6-4-3-5-7-17/h12-13,17H,3-11,14H2,1-2H3. The summed E-state index contributed by atoms with van der Waals surface area (Å²) in [6.45, 7) is 7.11. The maximum absolute atomic E-state index is 12.9. The van der Waals surface area contributed by atoms with Crippen LogP contribution in [0.5, 0.6) is 0 Å². The number of piperazine rings is 1. The second kappa shape index (κ2) is 8.57. The predicted molar refractivity (Wildman–Crippen MR) is 122 cm³/mol. The molecule has 1 saturated carbocycles. The van der Waals surface area contributed by atoms with Crippen molar-refractivity contribution in [2.45, 2.75) is 58.3 Å². The van der Waals surface area contributed by atoms with E-state index in [1.807, 2.05) is 11.0 Å². The van der Waals surface area contributed by atoms with Crippen molar-refractivity contribution in [3.8, 4) is 0 Å². The van der Waals surface area contributed by atoms with Crippen LogP contribution in [0.3, 0.4) is 0 Å². The molecule has 5 rings (SSSR count). The van der Waals surface area contributed by atoms with E-state index in [1.54, 1.807) is 11.3 Å². The third-order valence-corrected chi connectivity index (χ3v) is 7.91. The van der Waals surface area contributed by atoms with Gasteiger partial charge in [0.2, 0.25) is 11.0 Å². The van der Waals surface area contributed by atoms with Crippen molar-refractivity contribution in [1.82, 2.24) is 20.3 Å². The highest BCUT2D eigenvalue weighted by Gasteiger charge is 2.26. The molecule has 0 bridgehead atoms. The first-order chi connectivity index (χ1) is 15.1. The Kier molecular flexibility index (Phi) is 5.65. The molecule has 0 atom stereocenters. The SMILES string of the molecule is Cc1cc2onc(CC(=O)N3CCN(c4nnc(C5CCCCC5)s4)CC3)c2cc1C. The summed E-state index contributed by atoms with van der Waals surface area (Å²) in [5, 5.41) is 16.3. The molecule has 31 heavy (non-hydrogen) atoms. The van der Waals surface area contributed by atoms with Gasteiger partial charge in [0.15, 0.2) is 5.58 Å². The fourth-order valence-electron chi connectivity index (χ4n) is 4.64. The summed E-state index contributed by atoms with van der Waals surface area (Å²) in [6, 6.07) is 4.06. The Morgan fingerprint density at radius 2 is 1.81 bits per heavy atom. The van der Waals surface area contributed by atoms with Crippen molar-refractivity contribution in [2.24, 2.45) is 0 Å². The first kappa shape index (κ1) is 20.4. The third kappa shape index (κ3) is 4.18. The van der Waals surface area contributed by atoms with E-state index >= 15 is 0 Å². The lowest BCUT2D eigenvalue weighted by molar-refractivity contribution is -0.130. The largest absolute Gasteiger partial charge is 0.356 e. The highest BCUT2D eigenvalue weighted by Crippen LogP contribution is 2.36. The lowest BCUT2D eigenvalue weighted by atomic mass is 9.90. The zero-order valence-electron chi connectivity index (χ0n) is 18.3. The van der Waals surface area contributed by atoms with Gasteiger partial charge in [-0.2, -0.15) is 0 Å². The molecule has 8 heteroatoms. The van der Waals surface area contributed by atoms with E-state index in [2.05, 4.69) is 40.2 Å². The highest BCUT2D eigenvalue weighted by molar-refractivity contribution is 7.15. The molecule has 0 N–H and O–H groups in total. The molecule has 1 aliphatic carbocycles. The van der Waals surface area contributed by atoms with E-state index in [9.17, 15) is 4.79 Å². The van der Waals surface area contributed by atoms with Crippen LogP contribution in [0.1, 0.15) is 59.9 Å². The molecule has 1 saturated heterocycles. The van der Waals surface area contributed by atoms with Crippen LogP contribution in [0.4, 0.5) is 5.13 Å². The van der Waals surface area contributed by atoms with Gasteiger partial charge in [-0.25, -0.2) is 0 Å². The number of benzene rings is 1. The molecule has 3 heterocycles. The van der Waals surface area contributed by atoms with Crippen molar-refractivity contribution in [3.63, 3.8) is 0 Å². The fourth-order valence-corrected chi connectivity index (χ4v) is 5.71. The van der Waals surface area contributed by atoms with Gasteiger partial charge in [0.1, 0.15) is 10.7 Å². The molecule has 2 aromatic heterocycles. The molecular formula is C23H29N5O2S. The molecule has 7 nitrogen and oxygen atoms in total. The lowest BCUT2D eigenvalue weighted by Crippen LogP contribution is -2.49. The summed E-state index contributed by atoms with van der Waals surface area (Å²) in [4.78, 5) is 17.1. The summed E-state index contributed by atoms with van der Waals surface area (Å²) in [5.41, 5.74) is 3.83. The molecule has 0 radical (unpaired) electrons. The average molecular weight is 440 g/mol. The molecule has 0 spiro atoms. The number of aryl methyl sites for hydroxylation is 2. The number of rotatable bonds is 4. The molecule has 164 valence electrons. The number of hydrogen-bond acceptors (Lipinski definition) is 7. The van der Waals surface area contributed by atoms with Crippen molar-refractivity contribution < 1.29 is 9.32 Å². The molecule has 2 aliphatic rings. The van der Waals surface area contributed by atoms with Crippen molar-refractivity contribution in [1.29, 1.82) is 0 Å². The minimum absolute atomic E-state index is 0.105. The number of aromatic nitrogens is 3. The predicted octanol–water partition coefficient (Wildman–Crippen LogP) is 4.24. The molecule has 2 fully saturated rings. The second-order valence-electron chi connectivity index (χ2n) is 8.86. The number of hydrogen-bond donors (Lipinski definition) is 0. The van der Waals surface area contributed by atoms with Crippen molar-refractivity contribution in [2.75, 3.05) is 31.1 Å². The smallest absolute Gasteiger partial charge is 0.228 e. The number of carbonyl (C=O) groups is 1. The normalized spacial score (nSPS) is 18.1. The monoisotopic (exact) mass is 439 g/mol. The Bertz CT molecular complexity index is 1080. The maximum Gasteiger partial charge on any atom is 0.228 e. The Balaban J connectivity index is 1.19. The quantitative estimate of drug-likeness (QED) is 0.605. The molecule has 1 amide bonds. The fraction of sp³-hybridized carbons (Fsp3) is 0.565. The molecule has 3 aromatic rings. The molecule has 1 aliphatic heterocycles. The Hall–Kier alpha value is -2.48. The van der Waals surface area contributed by atoms with Crippen LogP contribution in [0.25, 0.3) is 11.0 Å². The number of anilines is 1. The van der Waals surface area contributed by atoms with Gasteiger partial charge in [-0.15, -0.1) is 10.2 Å². The van der Waals surface area contributed by atoms with Crippen LogP contribution >= 0.6 is 11.3 Å². The number of nitrogens with zero attached hydrogens (tertiary/aromatic N) is 5. The van der Waals surface area contributed by atoms with Gasteiger partial charge in [0.05, 0.1) is 6.42 Å². The Morgan fingerprint density at radius 3 is 2.58 bits per heavy atom. The number of fused-ring (bicyclic) bond motifs is 1. The van der Waals surface area contributed by atoms with Crippen LogP contribution < -0.4 is 4.90 Å². The first-order valence-electron chi connectivity index (χ1n) is 11.3. The van der Waals surface area contributed by atoms with Crippen molar-refractivity contribution in [3.05, 3.63) is 34.0 Å². The third-order valence-electron chi connectivity index (χ3n) is 6.77. The van der Waals surface area contributed by atoms with Gasteiger partial charge in [-0.1, -0.05) is 35.8 Å². The number of carbonyl (C=O) groups excluding carboxylic acids is 1. The van der Waals surface area contributed by atoms with Gasteiger partial charge in [-0.3, -0.25) is 4.79 Å². The second-order valence-corrected chi connectivity index (χ2v) is 9.85. The van der Waals surface area contributed by atoms with Gasteiger partial charge < -0.3 is 14.3 Å². The Labute approximate surface area is 186 Å². The van der Waals surface area contributed by atoms with Crippen LogP contribution in [0.15, 0.2) is 16.7 Å². The zero-order valence-corrected chi connectivity index (χ0v) is 19.1. The van der Waals surface area contributed by atoms with Crippen LogP contribution in [0, 0.1) is 13.8 Å². The van der Waals surface area contributed by atoms with Crippen molar-refractivity contribution >= 4 is 33.3 Å². The van der Waals surface area contributed by atoms with Crippen LogP contribution in [-0.4, -0.2) is 52.3 Å². The van der Waals surface area contributed by atoms with Gasteiger partial charge in [-0.05, 0) is 49.9 Å². The zero-order chi connectivity index (χ0) is 21.4. The molecular weight excluding hydrogens is 410 g/mol. The minimum Gasteiger partial charge on any atom is -0.356 e.